The highest BCUT2D eigenvalue weighted by Gasteiger charge is 2.36. The molecule has 0 spiro atoms. The van der Waals surface area contributed by atoms with Gasteiger partial charge in [-0.2, -0.15) is 18.2 Å². The number of alkyl halides is 3. The SMILES string of the molecule is COc1ccc(-c2c(Cl)cc(Nc3n[nH]c(N)n3)cc2C(F)(F)F)cc1S(=O)N1CCNCC1. The lowest BCUT2D eigenvalue weighted by Crippen LogP contribution is -2.44. The van der Waals surface area contributed by atoms with Crippen molar-refractivity contribution < 1.29 is 22.1 Å². The van der Waals surface area contributed by atoms with Gasteiger partial charge in [-0.25, -0.2) is 13.6 Å². The number of aromatic nitrogens is 3. The minimum Gasteiger partial charge on any atom is -0.495 e. The Balaban J connectivity index is 1.79. The fourth-order valence-corrected chi connectivity index (χ4v) is 5.25. The summed E-state index contributed by atoms with van der Waals surface area (Å²) in [5.74, 6) is 0.308. The number of methoxy groups -OCH3 is 1. The molecule has 1 aromatic heterocycles. The van der Waals surface area contributed by atoms with Gasteiger partial charge in [0.15, 0.2) is 0 Å². The number of nitrogens with two attached hydrogens (primary N) is 1. The van der Waals surface area contributed by atoms with Gasteiger partial charge in [0.25, 0.3) is 0 Å². The Morgan fingerprint density at radius 2 is 1.97 bits per heavy atom. The number of aromatic amines is 1. The van der Waals surface area contributed by atoms with E-state index in [-0.39, 0.29) is 38.6 Å². The summed E-state index contributed by atoms with van der Waals surface area (Å²) < 4.78 is 62.6. The molecule has 0 bridgehead atoms. The standard InChI is InChI=1S/C20H21ClF3N7O2S/c1-33-15-3-2-11(8-16(15)34(32)31-6-4-26-5-7-31)17-13(20(22,23)24)9-12(10-14(17)21)27-19-28-18(25)29-30-19/h2-3,8-10,26H,4-7H2,1H3,(H4,25,27,28,29,30). The molecular formula is C20H21ClF3N7O2S. The summed E-state index contributed by atoms with van der Waals surface area (Å²) in [6.07, 6.45) is -4.73. The maximum Gasteiger partial charge on any atom is 0.417 e. The summed E-state index contributed by atoms with van der Waals surface area (Å²) in [6.45, 7) is 2.37. The molecule has 0 aliphatic carbocycles. The van der Waals surface area contributed by atoms with E-state index in [0.29, 0.717) is 31.9 Å². The van der Waals surface area contributed by atoms with E-state index in [1.165, 1.54) is 31.4 Å². The van der Waals surface area contributed by atoms with Crippen LogP contribution in [-0.4, -0.2) is 57.0 Å². The summed E-state index contributed by atoms with van der Waals surface area (Å²) in [6, 6.07) is 6.61. The zero-order valence-electron chi connectivity index (χ0n) is 17.9. The number of hydrogen-bond acceptors (Lipinski definition) is 7. The lowest BCUT2D eigenvalue weighted by atomic mass is 9.98. The van der Waals surface area contributed by atoms with Crippen molar-refractivity contribution in [1.82, 2.24) is 24.8 Å². The maximum atomic E-state index is 14.1. The van der Waals surface area contributed by atoms with Crippen LogP contribution in [0, 0.1) is 0 Å². The van der Waals surface area contributed by atoms with Crippen LogP contribution >= 0.6 is 11.6 Å². The normalized spacial score (nSPS) is 15.8. The van der Waals surface area contributed by atoms with Crippen LogP contribution < -0.4 is 21.1 Å². The third kappa shape index (κ3) is 5.12. The number of piperazine rings is 1. The molecule has 0 amide bonds. The Kier molecular flexibility index (Phi) is 6.98. The molecule has 1 saturated heterocycles. The number of benzene rings is 2. The second kappa shape index (κ2) is 9.78. The number of rotatable bonds is 6. The van der Waals surface area contributed by atoms with Gasteiger partial charge in [0.1, 0.15) is 16.7 Å². The highest BCUT2D eigenvalue weighted by Crippen LogP contribution is 2.44. The minimum atomic E-state index is -4.73. The van der Waals surface area contributed by atoms with Gasteiger partial charge in [-0.15, -0.1) is 5.10 Å². The number of hydrogen-bond donors (Lipinski definition) is 4. The Bertz CT molecular complexity index is 1220. The van der Waals surface area contributed by atoms with Crippen LogP contribution in [0.2, 0.25) is 5.02 Å². The van der Waals surface area contributed by atoms with Crippen LogP contribution in [0.1, 0.15) is 5.56 Å². The van der Waals surface area contributed by atoms with E-state index >= 15 is 0 Å². The fraction of sp³-hybridized carbons (Fsp3) is 0.300. The third-order valence-electron chi connectivity index (χ3n) is 5.11. The largest absolute Gasteiger partial charge is 0.495 e. The predicted molar refractivity (Wildman–Crippen MR) is 123 cm³/mol. The van der Waals surface area contributed by atoms with Crippen LogP contribution in [0.25, 0.3) is 11.1 Å². The van der Waals surface area contributed by atoms with Crippen LogP contribution in [0.3, 0.4) is 0 Å². The van der Waals surface area contributed by atoms with Crippen LogP contribution in [0.15, 0.2) is 35.2 Å². The molecule has 5 N–H and O–H groups in total. The number of nitrogens with zero attached hydrogens (tertiary/aromatic N) is 3. The number of nitrogen functional groups attached to an aromatic ring is 1. The van der Waals surface area contributed by atoms with E-state index in [0.717, 1.165) is 6.07 Å². The average molecular weight is 516 g/mol. The molecule has 1 aliphatic heterocycles. The maximum absolute atomic E-state index is 14.1. The van der Waals surface area contributed by atoms with Crippen molar-refractivity contribution in [2.45, 2.75) is 11.1 Å². The van der Waals surface area contributed by atoms with Gasteiger partial charge in [-0.05, 0) is 29.8 Å². The topological polar surface area (TPSA) is 121 Å². The summed E-state index contributed by atoms with van der Waals surface area (Å²) in [4.78, 5) is 4.09. The van der Waals surface area contributed by atoms with Crippen molar-refractivity contribution in [3.63, 3.8) is 0 Å². The Morgan fingerprint density at radius 3 is 2.59 bits per heavy atom. The lowest BCUT2D eigenvalue weighted by molar-refractivity contribution is -0.137. The van der Waals surface area contributed by atoms with Gasteiger partial charge in [0.2, 0.25) is 11.9 Å². The van der Waals surface area contributed by atoms with E-state index in [2.05, 4.69) is 25.8 Å². The first-order valence-electron chi connectivity index (χ1n) is 10.1. The number of nitrogens with one attached hydrogen (secondary N) is 3. The molecule has 2 aromatic carbocycles. The fourth-order valence-electron chi connectivity index (χ4n) is 3.57. The zero-order valence-corrected chi connectivity index (χ0v) is 19.4. The van der Waals surface area contributed by atoms with Gasteiger partial charge < -0.3 is 21.1 Å². The van der Waals surface area contributed by atoms with E-state index in [1.54, 1.807) is 4.31 Å². The summed E-state index contributed by atoms with van der Waals surface area (Å²) in [5.41, 5.74) is 4.43. The smallest absolute Gasteiger partial charge is 0.417 e. The van der Waals surface area contributed by atoms with Crippen molar-refractivity contribution in [1.29, 1.82) is 0 Å². The molecule has 14 heteroatoms. The molecule has 0 saturated carbocycles. The minimum absolute atomic E-state index is 0.00418. The molecule has 2 heterocycles. The molecule has 182 valence electrons. The molecule has 34 heavy (non-hydrogen) atoms. The van der Waals surface area contributed by atoms with Crippen LogP contribution in [0.4, 0.5) is 30.8 Å². The van der Waals surface area contributed by atoms with Crippen LogP contribution in [-0.2, 0) is 17.2 Å². The summed E-state index contributed by atoms with van der Waals surface area (Å²) >= 11 is 6.36. The van der Waals surface area contributed by atoms with Crippen molar-refractivity contribution in [3.05, 3.63) is 40.9 Å². The van der Waals surface area contributed by atoms with E-state index in [1.807, 2.05) is 0 Å². The first kappa shape index (κ1) is 24.3. The van der Waals surface area contributed by atoms with Gasteiger partial charge in [0.05, 0.1) is 22.6 Å². The third-order valence-corrected chi connectivity index (χ3v) is 6.93. The monoisotopic (exact) mass is 515 g/mol. The van der Waals surface area contributed by atoms with Crippen molar-refractivity contribution in [2.24, 2.45) is 0 Å². The van der Waals surface area contributed by atoms with E-state index < -0.39 is 22.7 Å². The molecule has 1 unspecified atom stereocenters. The first-order chi connectivity index (χ1) is 16.2. The highest BCUT2D eigenvalue weighted by atomic mass is 35.5. The van der Waals surface area contributed by atoms with E-state index in [9.17, 15) is 17.4 Å². The number of H-pyrrole nitrogens is 1. The van der Waals surface area contributed by atoms with Gasteiger partial charge >= 0.3 is 6.18 Å². The molecule has 3 aromatic rings. The highest BCUT2D eigenvalue weighted by molar-refractivity contribution is 7.82. The molecule has 9 nitrogen and oxygen atoms in total. The zero-order chi connectivity index (χ0) is 24.5. The first-order valence-corrected chi connectivity index (χ1v) is 11.6. The Labute approximate surface area is 200 Å². The number of anilines is 3. The molecule has 1 aliphatic rings. The summed E-state index contributed by atoms with van der Waals surface area (Å²) in [7, 11) is -0.214. The number of ether oxygens (including phenoxy) is 1. The van der Waals surface area contributed by atoms with Crippen LogP contribution in [0.5, 0.6) is 5.75 Å². The Hall–Kier alpha value is -2.87. The Morgan fingerprint density at radius 1 is 1.24 bits per heavy atom. The van der Waals surface area contributed by atoms with Gasteiger partial charge in [-0.1, -0.05) is 17.7 Å². The van der Waals surface area contributed by atoms with Gasteiger partial charge in [0, 0.05) is 37.4 Å². The van der Waals surface area contributed by atoms with E-state index in [4.69, 9.17) is 22.1 Å². The molecule has 0 radical (unpaired) electrons. The molecule has 1 fully saturated rings. The number of halogens is 4. The quantitative estimate of drug-likeness (QED) is 0.397. The van der Waals surface area contributed by atoms with Crippen molar-refractivity contribution in [2.75, 3.05) is 44.3 Å². The predicted octanol–water partition coefficient (Wildman–Crippen LogP) is 3.41. The average Bonchev–Trinajstić information content (AvgIpc) is 3.22. The van der Waals surface area contributed by atoms with Gasteiger partial charge in [-0.3, -0.25) is 0 Å². The second-order valence-electron chi connectivity index (χ2n) is 7.34. The van der Waals surface area contributed by atoms with Crippen molar-refractivity contribution in [3.8, 4) is 16.9 Å². The molecule has 4 rings (SSSR count). The summed E-state index contributed by atoms with van der Waals surface area (Å²) in [5, 5.41) is 11.8. The molecular weight excluding hydrogens is 495 g/mol. The van der Waals surface area contributed by atoms with Crippen molar-refractivity contribution >= 4 is 40.2 Å². The second-order valence-corrected chi connectivity index (χ2v) is 9.20. The molecule has 1 atom stereocenters. The lowest BCUT2D eigenvalue weighted by Gasteiger charge is -2.26.